The maximum absolute atomic E-state index is 13.5. The molecule has 0 fully saturated rings. The van der Waals surface area contributed by atoms with Gasteiger partial charge < -0.3 is 14.5 Å². The number of fused-ring (bicyclic) bond motifs is 1. The number of nitrogens with zero attached hydrogens (tertiary/aromatic N) is 2. The van der Waals surface area contributed by atoms with Crippen LogP contribution in [0.15, 0.2) is 82.7 Å². The summed E-state index contributed by atoms with van der Waals surface area (Å²) in [5.74, 6) is -2.47. The number of rotatable bonds is 4. The minimum atomic E-state index is -1.02. The first kappa shape index (κ1) is 17.9. The zero-order valence-electron chi connectivity index (χ0n) is 15.4. The number of furan rings is 1. The van der Waals surface area contributed by atoms with E-state index in [4.69, 9.17) is 4.42 Å². The van der Waals surface area contributed by atoms with Crippen molar-refractivity contribution in [1.82, 2.24) is 9.97 Å². The van der Waals surface area contributed by atoms with Gasteiger partial charge in [-0.3, -0.25) is 14.5 Å². The van der Waals surface area contributed by atoms with Crippen molar-refractivity contribution in [2.24, 2.45) is 0 Å². The van der Waals surface area contributed by atoms with E-state index in [1.54, 1.807) is 18.2 Å². The van der Waals surface area contributed by atoms with Crippen molar-refractivity contribution in [3.05, 3.63) is 95.4 Å². The van der Waals surface area contributed by atoms with E-state index in [9.17, 15) is 19.1 Å². The van der Waals surface area contributed by atoms with E-state index in [1.165, 1.54) is 47.6 Å². The van der Waals surface area contributed by atoms with Crippen molar-refractivity contribution in [2.75, 3.05) is 4.90 Å². The number of amides is 1. The lowest BCUT2D eigenvalue weighted by Crippen LogP contribution is -2.32. The van der Waals surface area contributed by atoms with Gasteiger partial charge in [-0.1, -0.05) is 24.3 Å². The first-order chi connectivity index (χ1) is 14.5. The Balaban J connectivity index is 1.69. The van der Waals surface area contributed by atoms with Crippen LogP contribution < -0.4 is 4.90 Å². The fraction of sp³-hybridized carbons (Fsp3) is 0.0455. The smallest absolute Gasteiger partial charge is 0.296 e. The van der Waals surface area contributed by atoms with Gasteiger partial charge in [0.2, 0.25) is 11.7 Å². The molecule has 5 rings (SSSR count). The topological polar surface area (TPSA) is 99.4 Å². The van der Waals surface area contributed by atoms with Crippen LogP contribution in [0.1, 0.15) is 22.2 Å². The number of imidazole rings is 1. The van der Waals surface area contributed by atoms with E-state index in [1.807, 2.05) is 6.07 Å². The summed E-state index contributed by atoms with van der Waals surface area (Å²) in [6.45, 7) is 0. The summed E-state index contributed by atoms with van der Waals surface area (Å²) >= 11 is 0. The summed E-state index contributed by atoms with van der Waals surface area (Å²) in [6, 6.07) is 14.5. The van der Waals surface area contributed by atoms with E-state index in [0.29, 0.717) is 16.6 Å². The van der Waals surface area contributed by atoms with Crippen LogP contribution in [0.3, 0.4) is 0 Å². The molecule has 7 nitrogen and oxygen atoms in total. The van der Waals surface area contributed by atoms with E-state index < -0.39 is 29.3 Å². The number of ketones is 1. The quantitative estimate of drug-likeness (QED) is 0.500. The maximum Gasteiger partial charge on any atom is 0.296 e. The number of carbonyl (C=O) groups excluding carboxylic acids is 2. The lowest BCUT2D eigenvalue weighted by molar-refractivity contribution is -0.117. The van der Waals surface area contributed by atoms with Crippen LogP contribution in [0, 0.1) is 5.82 Å². The van der Waals surface area contributed by atoms with Gasteiger partial charge in [-0.15, -0.1) is 0 Å². The summed E-state index contributed by atoms with van der Waals surface area (Å²) in [4.78, 5) is 34.8. The molecule has 0 bridgehead atoms. The number of aromatic nitrogens is 2. The molecule has 1 aliphatic rings. The monoisotopic (exact) mass is 403 g/mol. The zero-order valence-corrected chi connectivity index (χ0v) is 15.4. The van der Waals surface area contributed by atoms with Gasteiger partial charge in [-0.2, -0.15) is 0 Å². The number of aliphatic hydroxyl groups excluding tert-OH is 1. The van der Waals surface area contributed by atoms with Gasteiger partial charge in [-0.25, -0.2) is 9.37 Å². The predicted octanol–water partition coefficient (Wildman–Crippen LogP) is 4.08. The molecule has 4 aromatic rings. The molecule has 3 heterocycles. The van der Waals surface area contributed by atoms with E-state index >= 15 is 0 Å². The van der Waals surface area contributed by atoms with Crippen LogP contribution in [0.25, 0.3) is 11.0 Å². The summed E-state index contributed by atoms with van der Waals surface area (Å²) in [7, 11) is 0. The van der Waals surface area contributed by atoms with Gasteiger partial charge in [0.15, 0.2) is 11.5 Å². The standard InChI is InChI=1S/C22H14FN3O4/c23-13-9-7-12(8-10-13)18-17(19(27)16-6-3-11-30-16)20(28)21(29)26(18)22-24-14-4-1-2-5-15(14)25-22/h1-11,18,28H,(H,24,25). The van der Waals surface area contributed by atoms with Gasteiger partial charge in [-0.05, 0) is 42.0 Å². The van der Waals surface area contributed by atoms with Crippen molar-refractivity contribution in [1.29, 1.82) is 0 Å². The molecule has 8 heteroatoms. The third kappa shape index (κ3) is 2.69. The van der Waals surface area contributed by atoms with Gasteiger partial charge >= 0.3 is 0 Å². The molecule has 2 N–H and O–H groups in total. The van der Waals surface area contributed by atoms with Gasteiger partial charge in [0, 0.05) is 0 Å². The van der Waals surface area contributed by atoms with Crippen LogP contribution in [-0.4, -0.2) is 26.8 Å². The molecule has 1 unspecified atom stereocenters. The number of hydrogen-bond donors (Lipinski definition) is 2. The van der Waals surface area contributed by atoms with E-state index in [0.717, 1.165) is 0 Å². The third-order valence-corrected chi connectivity index (χ3v) is 4.99. The van der Waals surface area contributed by atoms with Crippen LogP contribution in [0.2, 0.25) is 0 Å². The van der Waals surface area contributed by atoms with Crippen LogP contribution in [-0.2, 0) is 4.79 Å². The molecule has 0 saturated heterocycles. The first-order valence-electron chi connectivity index (χ1n) is 9.09. The van der Waals surface area contributed by atoms with Crippen molar-refractivity contribution in [2.45, 2.75) is 6.04 Å². The van der Waals surface area contributed by atoms with E-state index in [-0.39, 0.29) is 17.3 Å². The average Bonchev–Trinajstić information content (AvgIpc) is 3.47. The van der Waals surface area contributed by atoms with Crippen molar-refractivity contribution in [3.63, 3.8) is 0 Å². The van der Waals surface area contributed by atoms with Gasteiger partial charge in [0.25, 0.3) is 5.91 Å². The summed E-state index contributed by atoms with van der Waals surface area (Å²) < 4.78 is 18.7. The molecule has 0 aliphatic carbocycles. The minimum Gasteiger partial charge on any atom is -0.503 e. The predicted molar refractivity (Wildman–Crippen MR) is 105 cm³/mol. The Morgan fingerprint density at radius 1 is 1.10 bits per heavy atom. The molecule has 2 aromatic heterocycles. The maximum atomic E-state index is 13.5. The number of anilines is 1. The molecular formula is C22H14FN3O4. The second-order valence-corrected chi connectivity index (χ2v) is 6.78. The van der Waals surface area contributed by atoms with Crippen molar-refractivity contribution >= 4 is 28.7 Å². The highest BCUT2D eigenvalue weighted by Gasteiger charge is 2.46. The number of aliphatic hydroxyl groups is 1. The highest BCUT2D eigenvalue weighted by molar-refractivity contribution is 6.19. The lowest BCUT2D eigenvalue weighted by atomic mass is 9.95. The molecule has 148 valence electrons. The second-order valence-electron chi connectivity index (χ2n) is 6.78. The SMILES string of the molecule is O=C(C1=C(O)C(=O)N(c2nc3ccccc3[nH]2)C1c1ccc(F)cc1)c1ccco1. The Labute approximate surface area is 169 Å². The number of para-hydroxylation sites is 2. The Bertz CT molecular complexity index is 1270. The number of Topliss-reactive ketones (excluding diaryl/α,β-unsaturated/α-hetero) is 1. The Morgan fingerprint density at radius 2 is 1.87 bits per heavy atom. The fourth-order valence-electron chi connectivity index (χ4n) is 3.61. The molecule has 0 radical (unpaired) electrons. The first-order valence-corrected chi connectivity index (χ1v) is 9.09. The van der Waals surface area contributed by atoms with Crippen LogP contribution >= 0.6 is 0 Å². The molecule has 2 aromatic carbocycles. The number of H-pyrrole nitrogens is 1. The van der Waals surface area contributed by atoms with Crippen molar-refractivity contribution < 1.29 is 23.5 Å². The number of nitrogens with one attached hydrogen (secondary N) is 1. The summed E-state index contributed by atoms with van der Waals surface area (Å²) in [5, 5.41) is 10.6. The number of hydrogen-bond acceptors (Lipinski definition) is 5. The minimum absolute atomic E-state index is 0.0251. The average molecular weight is 403 g/mol. The molecular weight excluding hydrogens is 389 g/mol. The third-order valence-electron chi connectivity index (χ3n) is 4.99. The highest BCUT2D eigenvalue weighted by Crippen LogP contribution is 2.41. The number of aromatic amines is 1. The van der Waals surface area contributed by atoms with Gasteiger partial charge in [0.05, 0.1) is 28.9 Å². The van der Waals surface area contributed by atoms with Crippen LogP contribution in [0.5, 0.6) is 0 Å². The van der Waals surface area contributed by atoms with Crippen molar-refractivity contribution in [3.8, 4) is 0 Å². The normalized spacial score (nSPS) is 16.6. The molecule has 30 heavy (non-hydrogen) atoms. The molecule has 1 amide bonds. The number of carbonyl (C=O) groups is 2. The molecule has 0 spiro atoms. The zero-order chi connectivity index (χ0) is 20.8. The summed E-state index contributed by atoms with van der Waals surface area (Å²) in [6.07, 6.45) is 1.32. The second kappa shape index (κ2) is 6.70. The molecule has 1 atom stereocenters. The molecule has 1 aliphatic heterocycles. The highest BCUT2D eigenvalue weighted by atomic mass is 19.1. The lowest BCUT2D eigenvalue weighted by Gasteiger charge is -2.24. The number of benzene rings is 2. The van der Waals surface area contributed by atoms with Crippen LogP contribution in [0.4, 0.5) is 10.3 Å². The van der Waals surface area contributed by atoms with E-state index in [2.05, 4.69) is 9.97 Å². The van der Waals surface area contributed by atoms with Gasteiger partial charge in [0.1, 0.15) is 5.82 Å². The fourth-order valence-corrected chi connectivity index (χ4v) is 3.61. The molecule has 0 saturated carbocycles. The summed E-state index contributed by atoms with van der Waals surface area (Å²) in [5.41, 5.74) is 1.57. The Hall–Kier alpha value is -4.20. The largest absolute Gasteiger partial charge is 0.503 e. The Morgan fingerprint density at radius 3 is 2.57 bits per heavy atom. The Kier molecular flexibility index (Phi) is 3.99. The number of halogens is 1.